The summed E-state index contributed by atoms with van der Waals surface area (Å²) in [5, 5.41) is 5.12. The van der Waals surface area contributed by atoms with Crippen LogP contribution < -0.4 is 0 Å². The zero-order valence-corrected chi connectivity index (χ0v) is 12.3. The number of fused-ring (bicyclic) bond motifs is 2. The predicted molar refractivity (Wildman–Crippen MR) is 97.0 cm³/mol. The summed E-state index contributed by atoms with van der Waals surface area (Å²) in [6, 6.07) is 28.1. The molecule has 0 aromatic heterocycles. The molecule has 4 rings (SSSR count). The summed E-state index contributed by atoms with van der Waals surface area (Å²) in [6.07, 6.45) is 1.92. The van der Waals surface area contributed by atoms with Gasteiger partial charge in [0.1, 0.15) is 0 Å². The third kappa shape index (κ3) is 2.10. The second kappa shape index (κ2) is 5.16. The predicted octanol–water partition coefficient (Wildman–Crippen LogP) is 6.30. The van der Waals surface area contributed by atoms with Crippen LogP contribution in [0.1, 0.15) is 5.56 Å². The monoisotopic (exact) mass is 280 g/mol. The van der Waals surface area contributed by atoms with E-state index >= 15 is 0 Å². The summed E-state index contributed by atoms with van der Waals surface area (Å²) in [5.41, 5.74) is 3.63. The van der Waals surface area contributed by atoms with Gasteiger partial charge in [-0.05, 0) is 56.4 Å². The van der Waals surface area contributed by atoms with Crippen molar-refractivity contribution in [3.8, 4) is 11.1 Å². The second-order valence-electron chi connectivity index (χ2n) is 5.55. The summed E-state index contributed by atoms with van der Waals surface area (Å²) in [5.74, 6) is 0. The Labute approximate surface area is 130 Å². The van der Waals surface area contributed by atoms with Gasteiger partial charge in [-0.25, -0.2) is 0 Å². The van der Waals surface area contributed by atoms with E-state index in [4.69, 9.17) is 0 Å². The fourth-order valence-electron chi connectivity index (χ4n) is 3.05. The van der Waals surface area contributed by atoms with Crippen molar-refractivity contribution >= 4 is 27.6 Å². The van der Waals surface area contributed by atoms with Crippen molar-refractivity contribution in [3.05, 3.63) is 91.0 Å². The van der Waals surface area contributed by atoms with E-state index in [0.717, 1.165) is 0 Å². The molecule has 0 amide bonds. The minimum atomic E-state index is 1.17. The van der Waals surface area contributed by atoms with Crippen LogP contribution in [0.25, 0.3) is 38.7 Å². The molecule has 0 spiro atoms. The zero-order chi connectivity index (χ0) is 14.9. The average Bonchev–Trinajstić information content (AvgIpc) is 2.59. The highest BCUT2D eigenvalue weighted by Crippen LogP contribution is 2.30. The lowest BCUT2D eigenvalue weighted by Gasteiger charge is -2.09. The maximum absolute atomic E-state index is 3.92. The SMILES string of the molecule is C=Cc1ccccc1-c1ccc2cc3ccccc3cc2c1. The summed E-state index contributed by atoms with van der Waals surface area (Å²) in [7, 11) is 0. The molecule has 0 aliphatic rings. The molecule has 0 aliphatic heterocycles. The van der Waals surface area contributed by atoms with Crippen molar-refractivity contribution in [2.24, 2.45) is 0 Å². The highest BCUT2D eigenvalue weighted by atomic mass is 14.1. The van der Waals surface area contributed by atoms with Crippen molar-refractivity contribution < 1.29 is 0 Å². The average molecular weight is 280 g/mol. The Bertz CT molecular complexity index is 993. The molecule has 0 N–H and O–H groups in total. The van der Waals surface area contributed by atoms with Crippen molar-refractivity contribution in [1.29, 1.82) is 0 Å². The Balaban J connectivity index is 1.96. The summed E-state index contributed by atoms with van der Waals surface area (Å²) in [6.45, 7) is 3.92. The Morgan fingerprint density at radius 1 is 0.591 bits per heavy atom. The maximum atomic E-state index is 3.92. The van der Waals surface area contributed by atoms with Gasteiger partial charge < -0.3 is 0 Å². The van der Waals surface area contributed by atoms with Crippen LogP contribution in [0.4, 0.5) is 0 Å². The summed E-state index contributed by atoms with van der Waals surface area (Å²) >= 11 is 0. The normalized spacial score (nSPS) is 10.9. The molecule has 0 fully saturated rings. The van der Waals surface area contributed by atoms with Crippen LogP contribution in [0.15, 0.2) is 85.4 Å². The molecule has 0 heteroatoms. The quantitative estimate of drug-likeness (QED) is 0.378. The van der Waals surface area contributed by atoms with E-state index in [9.17, 15) is 0 Å². The molecule has 0 radical (unpaired) electrons. The lowest BCUT2D eigenvalue weighted by molar-refractivity contribution is 1.61. The van der Waals surface area contributed by atoms with Crippen molar-refractivity contribution in [2.45, 2.75) is 0 Å². The lowest BCUT2D eigenvalue weighted by Crippen LogP contribution is -1.83. The van der Waals surface area contributed by atoms with Gasteiger partial charge >= 0.3 is 0 Å². The molecule has 0 atom stereocenters. The van der Waals surface area contributed by atoms with E-state index < -0.39 is 0 Å². The second-order valence-corrected chi connectivity index (χ2v) is 5.55. The fourth-order valence-corrected chi connectivity index (χ4v) is 3.05. The van der Waals surface area contributed by atoms with E-state index in [1.807, 2.05) is 6.08 Å². The lowest BCUT2D eigenvalue weighted by atomic mass is 9.96. The molecule has 0 saturated heterocycles. The number of rotatable bonds is 2. The van der Waals surface area contributed by atoms with Crippen molar-refractivity contribution in [3.63, 3.8) is 0 Å². The van der Waals surface area contributed by atoms with Gasteiger partial charge in [0, 0.05) is 0 Å². The number of benzene rings is 4. The van der Waals surface area contributed by atoms with Gasteiger partial charge in [-0.3, -0.25) is 0 Å². The smallest absolute Gasteiger partial charge is 0.0111 e. The molecule has 0 bridgehead atoms. The van der Waals surface area contributed by atoms with E-state index in [0.29, 0.717) is 0 Å². The van der Waals surface area contributed by atoms with Gasteiger partial charge in [-0.2, -0.15) is 0 Å². The maximum Gasteiger partial charge on any atom is -0.0111 e. The molecule has 0 nitrogen and oxygen atoms in total. The molecule has 104 valence electrons. The first-order valence-corrected chi connectivity index (χ1v) is 7.49. The number of hydrogen-bond donors (Lipinski definition) is 0. The van der Waals surface area contributed by atoms with E-state index in [1.54, 1.807) is 0 Å². The fraction of sp³-hybridized carbons (Fsp3) is 0. The first-order chi connectivity index (χ1) is 10.8. The van der Waals surface area contributed by atoms with Crippen LogP contribution in [0.3, 0.4) is 0 Å². The Morgan fingerprint density at radius 2 is 1.23 bits per heavy atom. The highest BCUT2D eigenvalue weighted by Gasteiger charge is 2.04. The molecular formula is C22H16. The molecule has 0 aliphatic carbocycles. The third-order valence-electron chi connectivity index (χ3n) is 4.20. The van der Waals surface area contributed by atoms with Gasteiger partial charge in [0.25, 0.3) is 0 Å². The van der Waals surface area contributed by atoms with Crippen LogP contribution in [0.2, 0.25) is 0 Å². The Kier molecular flexibility index (Phi) is 3.01. The van der Waals surface area contributed by atoms with Crippen LogP contribution in [0.5, 0.6) is 0 Å². The topological polar surface area (TPSA) is 0 Å². The van der Waals surface area contributed by atoms with Crippen LogP contribution >= 0.6 is 0 Å². The third-order valence-corrected chi connectivity index (χ3v) is 4.20. The minimum Gasteiger partial charge on any atom is -0.0984 e. The Morgan fingerprint density at radius 3 is 2.00 bits per heavy atom. The van der Waals surface area contributed by atoms with E-state index in [2.05, 4.69) is 85.4 Å². The van der Waals surface area contributed by atoms with Gasteiger partial charge in [0.15, 0.2) is 0 Å². The molecule has 0 heterocycles. The number of hydrogen-bond acceptors (Lipinski definition) is 0. The summed E-state index contributed by atoms with van der Waals surface area (Å²) < 4.78 is 0. The van der Waals surface area contributed by atoms with Crippen LogP contribution in [0, 0.1) is 0 Å². The molecule has 22 heavy (non-hydrogen) atoms. The first kappa shape index (κ1) is 12.8. The highest BCUT2D eigenvalue weighted by molar-refractivity contribution is 6.00. The zero-order valence-electron chi connectivity index (χ0n) is 12.3. The largest absolute Gasteiger partial charge is 0.0984 e. The van der Waals surface area contributed by atoms with Gasteiger partial charge in [0.2, 0.25) is 0 Å². The molecule has 4 aromatic rings. The molecular weight excluding hydrogens is 264 g/mol. The van der Waals surface area contributed by atoms with Crippen LogP contribution in [-0.4, -0.2) is 0 Å². The Hall–Kier alpha value is -2.86. The van der Waals surface area contributed by atoms with Gasteiger partial charge in [0.05, 0.1) is 0 Å². The molecule has 4 aromatic carbocycles. The van der Waals surface area contributed by atoms with E-state index in [1.165, 1.54) is 38.2 Å². The molecule has 0 unspecified atom stereocenters. The van der Waals surface area contributed by atoms with Crippen molar-refractivity contribution in [2.75, 3.05) is 0 Å². The standard InChI is InChI=1S/C22H16/c1-2-16-7-5-6-10-22(16)20-12-11-19-13-17-8-3-4-9-18(17)14-21(19)15-20/h2-15H,1H2. The minimum absolute atomic E-state index is 1.17. The van der Waals surface area contributed by atoms with Gasteiger partial charge in [-0.15, -0.1) is 0 Å². The van der Waals surface area contributed by atoms with Crippen LogP contribution in [-0.2, 0) is 0 Å². The van der Waals surface area contributed by atoms with Gasteiger partial charge in [-0.1, -0.05) is 73.3 Å². The van der Waals surface area contributed by atoms with E-state index in [-0.39, 0.29) is 0 Å². The summed E-state index contributed by atoms with van der Waals surface area (Å²) in [4.78, 5) is 0. The van der Waals surface area contributed by atoms with Crippen molar-refractivity contribution in [1.82, 2.24) is 0 Å². The molecule has 0 saturated carbocycles. The first-order valence-electron chi connectivity index (χ1n) is 7.49.